The molecule has 4 rings (SSSR count). The Kier molecular flexibility index (Phi) is 4.95. The van der Waals surface area contributed by atoms with Crippen molar-refractivity contribution in [1.29, 1.82) is 0 Å². The Morgan fingerprint density at radius 2 is 1.97 bits per heavy atom. The molecule has 1 saturated carbocycles. The Morgan fingerprint density at radius 1 is 1.20 bits per heavy atom. The van der Waals surface area contributed by atoms with Crippen molar-refractivity contribution in [3.05, 3.63) is 75.3 Å². The second-order valence-electron chi connectivity index (χ2n) is 7.58. The smallest absolute Gasteiger partial charge is 0.331 e. The summed E-state index contributed by atoms with van der Waals surface area (Å²) in [7, 11) is 0. The van der Waals surface area contributed by atoms with E-state index in [-0.39, 0.29) is 23.1 Å². The van der Waals surface area contributed by atoms with Gasteiger partial charge < -0.3 is 10.4 Å². The molecular formula is C23H21N3O4. The third kappa shape index (κ3) is 3.87. The number of amides is 1. The summed E-state index contributed by atoms with van der Waals surface area (Å²) in [6, 6.07) is 10.5. The van der Waals surface area contributed by atoms with Gasteiger partial charge in [-0.2, -0.15) is 0 Å². The number of aliphatic carboxylic acids is 1. The Morgan fingerprint density at radius 3 is 2.67 bits per heavy atom. The van der Waals surface area contributed by atoms with E-state index >= 15 is 0 Å². The summed E-state index contributed by atoms with van der Waals surface area (Å²) in [5.41, 5.74) is 2.91. The maximum atomic E-state index is 13.2. The minimum atomic E-state index is -1.02. The van der Waals surface area contributed by atoms with Crippen molar-refractivity contribution < 1.29 is 14.7 Å². The van der Waals surface area contributed by atoms with E-state index in [1.165, 1.54) is 23.9 Å². The van der Waals surface area contributed by atoms with Crippen molar-refractivity contribution in [3.63, 3.8) is 0 Å². The van der Waals surface area contributed by atoms with Crippen LogP contribution in [0.25, 0.3) is 22.7 Å². The van der Waals surface area contributed by atoms with Crippen LogP contribution in [0, 0.1) is 6.92 Å². The fourth-order valence-corrected chi connectivity index (χ4v) is 3.22. The Bertz CT molecular complexity index is 1270. The molecule has 0 aliphatic heterocycles. The number of benzene rings is 2. The van der Waals surface area contributed by atoms with Gasteiger partial charge in [-0.15, -0.1) is 0 Å². The van der Waals surface area contributed by atoms with Crippen molar-refractivity contribution in [2.24, 2.45) is 0 Å². The lowest BCUT2D eigenvalue weighted by atomic mass is 10.1. The molecule has 7 heteroatoms. The summed E-state index contributed by atoms with van der Waals surface area (Å²) in [5, 5.41) is 12.4. The van der Waals surface area contributed by atoms with Crippen LogP contribution in [0.1, 0.15) is 41.3 Å². The number of aromatic nitrogens is 2. The maximum Gasteiger partial charge on any atom is 0.331 e. The van der Waals surface area contributed by atoms with Crippen LogP contribution < -0.4 is 10.9 Å². The summed E-state index contributed by atoms with van der Waals surface area (Å²) in [4.78, 5) is 41.1. The fraction of sp³-hybridized carbons (Fsp3) is 0.217. The molecule has 2 aromatic carbocycles. The highest BCUT2D eigenvalue weighted by Gasteiger charge is 2.24. The number of nitrogens with one attached hydrogen (secondary N) is 1. The van der Waals surface area contributed by atoms with Gasteiger partial charge in [0, 0.05) is 17.2 Å². The summed E-state index contributed by atoms with van der Waals surface area (Å²) in [6.45, 7) is 3.36. The number of fused-ring (bicyclic) bond motifs is 1. The van der Waals surface area contributed by atoms with Crippen molar-refractivity contribution in [1.82, 2.24) is 14.9 Å². The predicted octanol–water partition coefficient (Wildman–Crippen LogP) is 3.07. The standard InChI is InChI=1S/C23H21N3O4/c1-13-3-5-16(21(27)25-17-6-7-17)11-20(13)26-12-24-19-8-4-15(9-14(2)23(29)30)10-18(19)22(26)28/h3-5,8-12,17H,6-7H2,1-2H3,(H,25,27)(H,29,30). The van der Waals surface area contributed by atoms with Gasteiger partial charge in [0.05, 0.1) is 16.6 Å². The molecule has 0 radical (unpaired) electrons. The van der Waals surface area contributed by atoms with Gasteiger partial charge in [0.25, 0.3) is 11.5 Å². The van der Waals surface area contributed by atoms with E-state index in [0.29, 0.717) is 27.7 Å². The van der Waals surface area contributed by atoms with Crippen LogP contribution in [0.15, 0.2) is 53.1 Å². The average molecular weight is 403 g/mol. The third-order valence-corrected chi connectivity index (χ3v) is 5.15. The van der Waals surface area contributed by atoms with Crippen LogP contribution in [-0.2, 0) is 4.79 Å². The monoisotopic (exact) mass is 403 g/mol. The summed E-state index contributed by atoms with van der Waals surface area (Å²) < 4.78 is 1.42. The second kappa shape index (κ2) is 7.59. The first kappa shape index (κ1) is 19.6. The molecule has 1 amide bonds. The lowest BCUT2D eigenvalue weighted by molar-refractivity contribution is -0.132. The number of carboxylic acid groups (broad SMARTS) is 1. The lowest BCUT2D eigenvalue weighted by Crippen LogP contribution is -2.26. The summed E-state index contributed by atoms with van der Waals surface area (Å²) in [6.07, 6.45) is 4.95. The van der Waals surface area contributed by atoms with Gasteiger partial charge in [0.1, 0.15) is 6.33 Å². The highest BCUT2D eigenvalue weighted by Crippen LogP contribution is 2.21. The Hall–Kier alpha value is -3.74. The molecule has 1 aliphatic rings. The van der Waals surface area contributed by atoms with Gasteiger partial charge >= 0.3 is 5.97 Å². The van der Waals surface area contributed by atoms with Crippen LogP contribution in [-0.4, -0.2) is 32.6 Å². The number of carbonyl (C=O) groups is 2. The van der Waals surface area contributed by atoms with Gasteiger partial charge in [0.15, 0.2) is 0 Å². The number of hydrogen-bond donors (Lipinski definition) is 2. The van der Waals surface area contributed by atoms with Crippen molar-refractivity contribution in [2.75, 3.05) is 0 Å². The van der Waals surface area contributed by atoms with E-state index in [2.05, 4.69) is 10.3 Å². The van der Waals surface area contributed by atoms with E-state index < -0.39 is 5.97 Å². The van der Waals surface area contributed by atoms with Crippen molar-refractivity contribution >= 4 is 28.9 Å². The van der Waals surface area contributed by atoms with Gasteiger partial charge in [-0.05, 0) is 68.2 Å². The van der Waals surface area contributed by atoms with E-state index in [0.717, 1.165) is 18.4 Å². The molecule has 1 fully saturated rings. The molecule has 0 atom stereocenters. The number of nitrogens with zero attached hydrogens (tertiary/aromatic N) is 2. The SMILES string of the molecule is CC(=Cc1ccc2ncn(-c3cc(C(=O)NC4CC4)ccc3C)c(=O)c2c1)C(=O)O. The molecular weight excluding hydrogens is 382 g/mol. The van der Waals surface area contributed by atoms with Gasteiger partial charge in [-0.25, -0.2) is 9.78 Å². The number of carbonyl (C=O) groups excluding carboxylic acids is 1. The molecule has 3 aromatic rings. The molecule has 2 N–H and O–H groups in total. The highest BCUT2D eigenvalue weighted by molar-refractivity contribution is 5.95. The number of hydrogen-bond acceptors (Lipinski definition) is 4. The third-order valence-electron chi connectivity index (χ3n) is 5.15. The molecule has 0 bridgehead atoms. The zero-order valence-electron chi connectivity index (χ0n) is 16.7. The van der Waals surface area contributed by atoms with Crippen LogP contribution in [0.2, 0.25) is 0 Å². The number of aryl methyl sites for hydroxylation is 1. The summed E-state index contributed by atoms with van der Waals surface area (Å²) in [5.74, 6) is -1.17. The van der Waals surface area contributed by atoms with Crippen LogP contribution in [0.4, 0.5) is 0 Å². The van der Waals surface area contributed by atoms with Gasteiger partial charge in [-0.1, -0.05) is 12.1 Å². The molecule has 0 saturated heterocycles. The van der Waals surface area contributed by atoms with Crippen molar-refractivity contribution in [2.45, 2.75) is 32.7 Å². The van der Waals surface area contributed by atoms with E-state index in [4.69, 9.17) is 5.11 Å². The molecule has 152 valence electrons. The fourth-order valence-electron chi connectivity index (χ4n) is 3.22. The number of rotatable bonds is 5. The molecule has 1 aromatic heterocycles. The Balaban J connectivity index is 1.80. The van der Waals surface area contributed by atoms with Crippen LogP contribution in [0.3, 0.4) is 0 Å². The zero-order valence-corrected chi connectivity index (χ0v) is 16.7. The highest BCUT2D eigenvalue weighted by atomic mass is 16.4. The predicted molar refractivity (Wildman–Crippen MR) is 114 cm³/mol. The quantitative estimate of drug-likeness (QED) is 0.638. The van der Waals surface area contributed by atoms with E-state index in [1.807, 2.05) is 13.0 Å². The van der Waals surface area contributed by atoms with E-state index in [9.17, 15) is 14.4 Å². The molecule has 30 heavy (non-hydrogen) atoms. The van der Waals surface area contributed by atoms with Gasteiger partial charge in [-0.3, -0.25) is 14.2 Å². The van der Waals surface area contributed by atoms with Crippen molar-refractivity contribution in [3.8, 4) is 5.69 Å². The molecule has 0 spiro atoms. The first-order valence-electron chi connectivity index (χ1n) is 9.68. The largest absolute Gasteiger partial charge is 0.478 e. The zero-order chi connectivity index (χ0) is 21.4. The first-order valence-corrected chi connectivity index (χ1v) is 9.68. The molecule has 7 nitrogen and oxygen atoms in total. The lowest BCUT2D eigenvalue weighted by Gasteiger charge is -2.12. The van der Waals surface area contributed by atoms with Crippen LogP contribution >= 0.6 is 0 Å². The molecule has 1 heterocycles. The first-order chi connectivity index (χ1) is 14.3. The minimum Gasteiger partial charge on any atom is -0.478 e. The topological polar surface area (TPSA) is 101 Å². The second-order valence-corrected chi connectivity index (χ2v) is 7.58. The molecule has 0 unspecified atom stereocenters. The van der Waals surface area contributed by atoms with Gasteiger partial charge in [0.2, 0.25) is 0 Å². The number of carboxylic acids is 1. The average Bonchev–Trinajstić information content (AvgIpc) is 3.53. The molecule has 1 aliphatic carbocycles. The summed E-state index contributed by atoms with van der Waals surface area (Å²) >= 11 is 0. The Labute approximate surface area is 172 Å². The van der Waals surface area contributed by atoms with E-state index in [1.54, 1.807) is 30.3 Å². The normalized spacial score (nSPS) is 14.0. The van der Waals surface area contributed by atoms with Crippen LogP contribution in [0.5, 0.6) is 0 Å². The maximum absolute atomic E-state index is 13.2. The minimum absolute atomic E-state index is 0.155.